The molecule has 0 radical (unpaired) electrons. The number of benzene rings is 1. The highest BCUT2D eigenvalue weighted by atomic mass is 35.5. The summed E-state index contributed by atoms with van der Waals surface area (Å²) in [7, 11) is 0. The number of anilines is 1. The van der Waals surface area contributed by atoms with Crippen molar-refractivity contribution in [1.29, 1.82) is 0 Å². The number of aliphatic carboxylic acids is 1. The van der Waals surface area contributed by atoms with Gasteiger partial charge in [-0.1, -0.05) is 23.7 Å². The Morgan fingerprint density at radius 3 is 2.86 bits per heavy atom. The number of aryl methyl sites for hydroxylation is 1. The predicted octanol–water partition coefficient (Wildman–Crippen LogP) is 4.08. The summed E-state index contributed by atoms with van der Waals surface area (Å²) in [6.45, 7) is 2.05. The van der Waals surface area contributed by atoms with Crippen LogP contribution in [0.15, 0.2) is 24.3 Å². The molecule has 2 unspecified atom stereocenters. The maximum atomic E-state index is 11.2. The highest BCUT2D eigenvalue weighted by Crippen LogP contribution is 2.39. The van der Waals surface area contributed by atoms with E-state index in [0.717, 1.165) is 27.7 Å². The third-order valence-electron chi connectivity index (χ3n) is 3.73. The van der Waals surface area contributed by atoms with Gasteiger partial charge in [-0.15, -0.1) is 11.3 Å². The van der Waals surface area contributed by atoms with Crippen LogP contribution >= 0.6 is 22.9 Å². The van der Waals surface area contributed by atoms with Gasteiger partial charge < -0.3 is 10.4 Å². The average molecular weight is 323 g/mol. The molecule has 2 aromatic rings. The SMILES string of the molecule is CC(Nc1nc2c(s1)CCC2C(=O)O)c1ccc(Cl)cc1. The number of halogens is 1. The van der Waals surface area contributed by atoms with E-state index in [1.165, 1.54) is 0 Å². The molecule has 0 amide bonds. The largest absolute Gasteiger partial charge is 0.481 e. The van der Waals surface area contributed by atoms with E-state index in [-0.39, 0.29) is 6.04 Å². The molecule has 0 fully saturated rings. The van der Waals surface area contributed by atoms with Gasteiger partial charge in [0.15, 0.2) is 5.13 Å². The highest BCUT2D eigenvalue weighted by Gasteiger charge is 2.32. The second-order valence-electron chi connectivity index (χ2n) is 5.17. The van der Waals surface area contributed by atoms with E-state index in [0.29, 0.717) is 11.4 Å². The number of rotatable bonds is 4. The maximum absolute atomic E-state index is 11.2. The topological polar surface area (TPSA) is 62.2 Å². The zero-order valence-electron chi connectivity index (χ0n) is 11.5. The van der Waals surface area contributed by atoms with Crippen molar-refractivity contribution in [2.75, 3.05) is 5.32 Å². The van der Waals surface area contributed by atoms with E-state index < -0.39 is 11.9 Å². The molecule has 0 saturated carbocycles. The molecule has 0 spiro atoms. The number of hydrogen-bond donors (Lipinski definition) is 2. The van der Waals surface area contributed by atoms with Crippen LogP contribution in [0.3, 0.4) is 0 Å². The Labute approximate surface area is 131 Å². The van der Waals surface area contributed by atoms with Gasteiger partial charge in [-0.25, -0.2) is 4.98 Å². The third-order valence-corrected chi connectivity index (χ3v) is 5.04. The minimum Gasteiger partial charge on any atom is -0.481 e. The van der Waals surface area contributed by atoms with Gasteiger partial charge in [0.25, 0.3) is 0 Å². The molecular formula is C15H15ClN2O2S. The zero-order valence-corrected chi connectivity index (χ0v) is 13.0. The fourth-order valence-corrected chi connectivity index (χ4v) is 3.80. The van der Waals surface area contributed by atoms with Gasteiger partial charge in [-0.05, 0) is 37.5 Å². The first-order chi connectivity index (χ1) is 10.0. The molecule has 110 valence electrons. The molecule has 2 N–H and O–H groups in total. The number of carboxylic acids is 1. The fraction of sp³-hybridized carbons (Fsp3) is 0.333. The summed E-state index contributed by atoms with van der Waals surface area (Å²) < 4.78 is 0. The van der Waals surface area contributed by atoms with Crippen LogP contribution in [0.4, 0.5) is 5.13 Å². The molecule has 1 aromatic carbocycles. The van der Waals surface area contributed by atoms with E-state index in [4.69, 9.17) is 11.6 Å². The van der Waals surface area contributed by atoms with E-state index in [2.05, 4.69) is 10.3 Å². The summed E-state index contributed by atoms with van der Waals surface area (Å²) in [5.41, 5.74) is 1.85. The fourth-order valence-electron chi connectivity index (χ4n) is 2.55. The van der Waals surface area contributed by atoms with Crippen molar-refractivity contribution in [3.8, 4) is 0 Å². The Balaban J connectivity index is 1.76. The lowest BCUT2D eigenvalue weighted by Crippen LogP contribution is -2.10. The van der Waals surface area contributed by atoms with Crippen LogP contribution in [0.25, 0.3) is 0 Å². The lowest BCUT2D eigenvalue weighted by Gasteiger charge is -2.13. The van der Waals surface area contributed by atoms with Gasteiger partial charge in [0, 0.05) is 9.90 Å². The molecule has 1 aromatic heterocycles. The monoisotopic (exact) mass is 322 g/mol. The summed E-state index contributed by atoms with van der Waals surface area (Å²) in [6, 6.07) is 7.76. The first-order valence-corrected chi connectivity index (χ1v) is 7.98. The lowest BCUT2D eigenvalue weighted by molar-refractivity contribution is -0.138. The van der Waals surface area contributed by atoms with Crippen LogP contribution < -0.4 is 5.32 Å². The Kier molecular flexibility index (Phi) is 3.87. The smallest absolute Gasteiger partial charge is 0.312 e. The van der Waals surface area contributed by atoms with Crippen LogP contribution in [-0.2, 0) is 11.2 Å². The number of aromatic nitrogens is 1. The number of thiazole rings is 1. The minimum atomic E-state index is -0.781. The molecule has 3 rings (SSSR count). The maximum Gasteiger partial charge on any atom is 0.312 e. The molecular weight excluding hydrogens is 308 g/mol. The molecule has 0 aliphatic heterocycles. The first kappa shape index (κ1) is 14.4. The van der Waals surface area contributed by atoms with Crippen molar-refractivity contribution in [3.05, 3.63) is 45.4 Å². The van der Waals surface area contributed by atoms with Gasteiger partial charge in [0.2, 0.25) is 0 Å². The number of nitrogens with zero attached hydrogens (tertiary/aromatic N) is 1. The van der Waals surface area contributed by atoms with Gasteiger partial charge in [-0.3, -0.25) is 4.79 Å². The molecule has 1 aliphatic carbocycles. The van der Waals surface area contributed by atoms with Gasteiger partial charge in [-0.2, -0.15) is 0 Å². The van der Waals surface area contributed by atoms with Crippen molar-refractivity contribution >= 4 is 34.0 Å². The van der Waals surface area contributed by atoms with Crippen LogP contribution in [0, 0.1) is 0 Å². The molecule has 1 aliphatic rings. The zero-order chi connectivity index (χ0) is 15.0. The van der Waals surface area contributed by atoms with Gasteiger partial charge in [0.05, 0.1) is 11.7 Å². The van der Waals surface area contributed by atoms with Gasteiger partial charge >= 0.3 is 5.97 Å². The number of fused-ring (bicyclic) bond motifs is 1. The summed E-state index contributed by atoms with van der Waals surface area (Å²) in [4.78, 5) is 16.7. The van der Waals surface area contributed by atoms with Crippen molar-refractivity contribution in [2.24, 2.45) is 0 Å². The first-order valence-electron chi connectivity index (χ1n) is 6.79. The van der Waals surface area contributed by atoms with Crippen LogP contribution in [0.5, 0.6) is 0 Å². The van der Waals surface area contributed by atoms with Crippen LogP contribution in [0.2, 0.25) is 5.02 Å². The molecule has 6 heteroatoms. The minimum absolute atomic E-state index is 0.0943. The van der Waals surface area contributed by atoms with Gasteiger partial charge in [0.1, 0.15) is 5.92 Å². The summed E-state index contributed by atoms with van der Waals surface area (Å²) in [6.07, 6.45) is 1.47. The standard InChI is InChI=1S/C15H15ClN2O2S/c1-8(9-2-4-10(16)5-3-9)17-15-18-13-11(14(19)20)6-7-12(13)21-15/h2-5,8,11H,6-7H2,1H3,(H,17,18)(H,19,20). The predicted molar refractivity (Wildman–Crippen MR) is 84.3 cm³/mol. The van der Waals surface area contributed by atoms with Crippen LogP contribution in [-0.4, -0.2) is 16.1 Å². The normalized spacial score (nSPS) is 18.3. The molecule has 0 saturated heterocycles. The average Bonchev–Trinajstić information content (AvgIpc) is 2.98. The quantitative estimate of drug-likeness (QED) is 0.890. The molecule has 1 heterocycles. The second-order valence-corrected chi connectivity index (χ2v) is 6.69. The Morgan fingerprint density at radius 1 is 1.48 bits per heavy atom. The molecule has 21 heavy (non-hydrogen) atoms. The van der Waals surface area contributed by atoms with Crippen molar-refractivity contribution in [3.63, 3.8) is 0 Å². The van der Waals surface area contributed by atoms with Crippen molar-refractivity contribution in [1.82, 2.24) is 4.98 Å². The summed E-state index contributed by atoms with van der Waals surface area (Å²) in [5, 5.41) is 14.0. The van der Waals surface area contributed by atoms with E-state index >= 15 is 0 Å². The Hall–Kier alpha value is -1.59. The van der Waals surface area contributed by atoms with Crippen molar-refractivity contribution < 1.29 is 9.90 Å². The van der Waals surface area contributed by atoms with E-state index in [1.807, 2.05) is 31.2 Å². The number of carbonyl (C=O) groups is 1. The second kappa shape index (κ2) is 5.66. The molecule has 2 atom stereocenters. The molecule has 0 bridgehead atoms. The number of carboxylic acid groups (broad SMARTS) is 1. The molecule has 4 nitrogen and oxygen atoms in total. The van der Waals surface area contributed by atoms with E-state index in [1.54, 1.807) is 11.3 Å². The summed E-state index contributed by atoms with van der Waals surface area (Å²) in [5.74, 6) is -1.23. The Morgan fingerprint density at radius 2 is 2.19 bits per heavy atom. The van der Waals surface area contributed by atoms with E-state index in [9.17, 15) is 9.90 Å². The number of hydrogen-bond acceptors (Lipinski definition) is 4. The third kappa shape index (κ3) is 2.89. The Bertz CT molecular complexity index is 669. The van der Waals surface area contributed by atoms with Crippen LogP contribution in [0.1, 0.15) is 41.4 Å². The van der Waals surface area contributed by atoms with Crippen molar-refractivity contribution in [2.45, 2.75) is 31.7 Å². The number of nitrogens with one attached hydrogen (secondary N) is 1. The highest BCUT2D eigenvalue weighted by molar-refractivity contribution is 7.15. The summed E-state index contributed by atoms with van der Waals surface area (Å²) >= 11 is 7.44. The lowest BCUT2D eigenvalue weighted by atomic mass is 10.1.